The van der Waals surface area contributed by atoms with Gasteiger partial charge in [0.2, 0.25) is 0 Å². The maximum absolute atomic E-state index is 12.7. The maximum Gasteiger partial charge on any atom is 0.326 e. The summed E-state index contributed by atoms with van der Waals surface area (Å²) in [5, 5.41) is 5.21. The first-order valence-corrected chi connectivity index (χ1v) is 9.16. The molecule has 3 amide bonds. The molecule has 27 heavy (non-hydrogen) atoms. The largest absolute Gasteiger partial charge is 0.495 e. The predicted octanol–water partition coefficient (Wildman–Crippen LogP) is 5.01. The Morgan fingerprint density at radius 1 is 1.00 bits per heavy atom. The van der Waals surface area contributed by atoms with E-state index in [-0.39, 0.29) is 22.1 Å². The van der Waals surface area contributed by atoms with Crippen LogP contribution in [0.15, 0.2) is 22.7 Å². The first-order chi connectivity index (χ1) is 12.7. The number of hydrogen-bond acceptors (Lipinski definition) is 4. The van der Waals surface area contributed by atoms with Crippen molar-refractivity contribution in [2.24, 2.45) is 0 Å². The van der Waals surface area contributed by atoms with E-state index in [1.54, 1.807) is 6.07 Å². The molecule has 6 nitrogen and oxygen atoms in total. The molecular weight excluding hydrogens is 436 g/mol. The molecule has 0 aliphatic carbocycles. The molecule has 0 aromatic heterocycles. The molecule has 2 aromatic carbocycles. The van der Waals surface area contributed by atoms with Crippen molar-refractivity contribution < 1.29 is 19.1 Å². The van der Waals surface area contributed by atoms with Crippen LogP contribution in [0.3, 0.4) is 0 Å². The second-order valence-electron chi connectivity index (χ2n) is 5.96. The summed E-state index contributed by atoms with van der Waals surface area (Å²) in [6.45, 7) is 5.75. The minimum Gasteiger partial charge on any atom is -0.495 e. The molecule has 0 saturated heterocycles. The van der Waals surface area contributed by atoms with Crippen LogP contribution in [0.5, 0.6) is 11.5 Å². The quantitative estimate of drug-likeness (QED) is 0.680. The predicted molar refractivity (Wildman–Crippen MR) is 109 cm³/mol. The summed E-state index contributed by atoms with van der Waals surface area (Å²) in [5.74, 6) is -0.374. The van der Waals surface area contributed by atoms with Crippen LogP contribution in [-0.2, 0) is 0 Å². The van der Waals surface area contributed by atoms with E-state index >= 15 is 0 Å². The molecule has 0 spiro atoms. The number of imide groups is 1. The van der Waals surface area contributed by atoms with Crippen molar-refractivity contribution in [1.29, 1.82) is 0 Å². The van der Waals surface area contributed by atoms with Gasteiger partial charge in [0.15, 0.2) is 5.75 Å². The first-order valence-electron chi connectivity index (χ1n) is 7.99. The van der Waals surface area contributed by atoms with Gasteiger partial charge >= 0.3 is 6.03 Å². The summed E-state index contributed by atoms with van der Waals surface area (Å²) in [7, 11) is 2.79. The van der Waals surface area contributed by atoms with Crippen LogP contribution in [0.1, 0.15) is 27.0 Å². The fourth-order valence-corrected chi connectivity index (χ4v) is 3.88. The number of hydrogen-bond donors (Lipinski definition) is 2. The van der Waals surface area contributed by atoms with E-state index in [0.717, 1.165) is 16.7 Å². The molecule has 2 N–H and O–H groups in total. The van der Waals surface area contributed by atoms with Crippen molar-refractivity contribution in [1.82, 2.24) is 5.32 Å². The molecule has 0 bridgehead atoms. The van der Waals surface area contributed by atoms with E-state index in [0.29, 0.717) is 10.2 Å². The van der Waals surface area contributed by atoms with E-state index in [4.69, 9.17) is 21.1 Å². The third-order valence-electron chi connectivity index (χ3n) is 3.92. The smallest absolute Gasteiger partial charge is 0.326 e. The number of amides is 3. The van der Waals surface area contributed by atoms with Crippen LogP contribution < -0.4 is 20.1 Å². The van der Waals surface area contributed by atoms with Gasteiger partial charge in [0.05, 0.1) is 23.7 Å². The normalized spacial score (nSPS) is 10.3. The highest BCUT2D eigenvalue weighted by atomic mass is 79.9. The Labute approximate surface area is 171 Å². The molecule has 0 heterocycles. The molecule has 0 aliphatic heterocycles. The number of benzene rings is 2. The Hall–Kier alpha value is -2.25. The molecule has 2 rings (SSSR count). The number of aryl methyl sites for hydroxylation is 3. The minimum atomic E-state index is -0.702. The Morgan fingerprint density at radius 3 is 2.07 bits per heavy atom. The summed E-state index contributed by atoms with van der Waals surface area (Å²) in [6.07, 6.45) is 0. The number of carbonyl (C=O) groups is 2. The Morgan fingerprint density at radius 2 is 1.56 bits per heavy atom. The Bertz CT molecular complexity index is 864. The van der Waals surface area contributed by atoms with Crippen LogP contribution in [-0.4, -0.2) is 26.2 Å². The lowest BCUT2D eigenvalue weighted by Gasteiger charge is -2.17. The van der Waals surface area contributed by atoms with Crippen molar-refractivity contribution >= 4 is 45.2 Å². The Balaban J connectivity index is 2.32. The van der Waals surface area contributed by atoms with E-state index in [9.17, 15) is 9.59 Å². The van der Waals surface area contributed by atoms with E-state index in [2.05, 4.69) is 26.6 Å². The van der Waals surface area contributed by atoms with Gasteiger partial charge in [-0.05, 0) is 53.9 Å². The summed E-state index contributed by atoms with van der Waals surface area (Å²) >= 11 is 9.43. The van der Waals surface area contributed by atoms with Crippen LogP contribution in [0.25, 0.3) is 0 Å². The van der Waals surface area contributed by atoms with Gasteiger partial charge in [0.25, 0.3) is 5.91 Å². The number of halogens is 2. The van der Waals surface area contributed by atoms with Gasteiger partial charge in [0.1, 0.15) is 11.3 Å². The van der Waals surface area contributed by atoms with Gasteiger partial charge in [-0.1, -0.05) is 29.3 Å². The van der Waals surface area contributed by atoms with Crippen LogP contribution >= 0.6 is 27.5 Å². The second-order valence-corrected chi connectivity index (χ2v) is 7.23. The molecule has 0 aliphatic rings. The molecule has 2 aromatic rings. The number of rotatable bonds is 4. The molecule has 0 unspecified atom stereocenters. The molecular formula is C19H20BrClN2O4. The topological polar surface area (TPSA) is 76.7 Å². The summed E-state index contributed by atoms with van der Waals surface area (Å²) in [6, 6.07) is 4.78. The molecule has 144 valence electrons. The van der Waals surface area contributed by atoms with Gasteiger partial charge < -0.3 is 14.8 Å². The Kier molecular flexibility index (Phi) is 6.73. The van der Waals surface area contributed by atoms with Crippen molar-refractivity contribution in [2.75, 3.05) is 19.5 Å². The van der Waals surface area contributed by atoms with Crippen molar-refractivity contribution in [3.8, 4) is 11.5 Å². The highest BCUT2D eigenvalue weighted by Gasteiger charge is 2.25. The van der Waals surface area contributed by atoms with Gasteiger partial charge in [-0.15, -0.1) is 0 Å². The van der Waals surface area contributed by atoms with Gasteiger partial charge in [-0.2, -0.15) is 0 Å². The number of carbonyl (C=O) groups excluding carboxylic acids is 2. The lowest BCUT2D eigenvalue weighted by Crippen LogP contribution is -2.35. The van der Waals surface area contributed by atoms with E-state index in [1.165, 1.54) is 14.2 Å². The number of anilines is 1. The molecule has 8 heteroatoms. The fourth-order valence-electron chi connectivity index (χ4n) is 2.88. The monoisotopic (exact) mass is 454 g/mol. The highest BCUT2D eigenvalue weighted by Crippen LogP contribution is 2.41. The highest BCUT2D eigenvalue weighted by molar-refractivity contribution is 9.10. The maximum atomic E-state index is 12.7. The third kappa shape index (κ3) is 4.54. The van der Waals surface area contributed by atoms with Gasteiger partial charge in [0, 0.05) is 5.69 Å². The minimum absolute atomic E-state index is 0.0203. The average Bonchev–Trinajstić information content (AvgIpc) is 2.57. The van der Waals surface area contributed by atoms with Crippen molar-refractivity contribution in [3.63, 3.8) is 0 Å². The fraction of sp³-hybridized carbons (Fsp3) is 0.263. The lowest BCUT2D eigenvalue weighted by atomic mass is 10.1. The molecule has 0 saturated carbocycles. The van der Waals surface area contributed by atoms with Gasteiger partial charge in [-0.25, -0.2) is 4.79 Å². The standard InChI is InChI=1S/C19H20BrClN2O4/c1-9-6-10(2)15(11(3)7-9)22-19(25)23-18(24)14-16(26-4)12(20)8-13(21)17(14)27-5/h6-8H,1-5H3,(H2,22,23,24,25). The number of methoxy groups -OCH3 is 2. The molecule has 0 fully saturated rings. The molecule has 0 radical (unpaired) electrons. The first kappa shape index (κ1) is 21.1. The molecule has 0 atom stereocenters. The van der Waals surface area contributed by atoms with E-state index in [1.807, 2.05) is 32.9 Å². The summed E-state index contributed by atoms with van der Waals surface area (Å²) in [5.41, 5.74) is 3.56. The average molecular weight is 456 g/mol. The van der Waals surface area contributed by atoms with Crippen LogP contribution in [0, 0.1) is 20.8 Å². The zero-order valence-electron chi connectivity index (χ0n) is 15.6. The summed E-state index contributed by atoms with van der Waals surface area (Å²) < 4.78 is 11.0. The third-order valence-corrected chi connectivity index (χ3v) is 4.79. The lowest BCUT2D eigenvalue weighted by molar-refractivity contribution is 0.0961. The number of ether oxygens (including phenoxy) is 2. The van der Waals surface area contributed by atoms with Crippen molar-refractivity contribution in [2.45, 2.75) is 20.8 Å². The van der Waals surface area contributed by atoms with Crippen LogP contribution in [0.2, 0.25) is 5.02 Å². The SMILES string of the molecule is COc1c(Cl)cc(Br)c(OC)c1C(=O)NC(=O)Nc1c(C)cc(C)cc1C. The number of nitrogens with one attached hydrogen (secondary N) is 2. The van der Waals surface area contributed by atoms with Crippen molar-refractivity contribution in [3.05, 3.63) is 49.9 Å². The zero-order chi connectivity index (χ0) is 20.3. The zero-order valence-corrected chi connectivity index (χ0v) is 18.0. The summed E-state index contributed by atoms with van der Waals surface area (Å²) in [4.78, 5) is 25.1. The second kappa shape index (κ2) is 8.63. The van der Waals surface area contributed by atoms with Crippen LogP contribution in [0.4, 0.5) is 10.5 Å². The van der Waals surface area contributed by atoms with E-state index < -0.39 is 11.9 Å². The number of urea groups is 1. The van der Waals surface area contributed by atoms with Gasteiger partial charge in [-0.3, -0.25) is 10.1 Å².